The number of rotatable bonds is 10. The van der Waals surface area contributed by atoms with E-state index < -0.39 is 0 Å². The zero-order chi connectivity index (χ0) is 16.5. The number of Topliss-reactive ketones (excluding diaryl/α,β-unsaturated/α-hetero) is 1. The van der Waals surface area contributed by atoms with Crippen LogP contribution >= 0.6 is 0 Å². The summed E-state index contributed by atoms with van der Waals surface area (Å²) >= 11 is 0. The number of ketones is 1. The molecule has 1 unspecified atom stereocenters. The third kappa shape index (κ3) is 6.20. The van der Waals surface area contributed by atoms with Crippen molar-refractivity contribution in [3.63, 3.8) is 0 Å². The summed E-state index contributed by atoms with van der Waals surface area (Å²) in [6.45, 7) is 4.37. The van der Waals surface area contributed by atoms with Crippen molar-refractivity contribution in [2.75, 3.05) is 13.1 Å². The Labute approximate surface area is 130 Å². The molecule has 6 heteroatoms. The van der Waals surface area contributed by atoms with Crippen molar-refractivity contribution >= 4 is 23.5 Å². The van der Waals surface area contributed by atoms with E-state index in [2.05, 4.69) is 5.32 Å². The third-order valence-electron chi connectivity index (χ3n) is 3.77. The number of imide groups is 1. The van der Waals surface area contributed by atoms with Gasteiger partial charge < -0.3 is 5.32 Å². The summed E-state index contributed by atoms with van der Waals surface area (Å²) in [4.78, 5) is 46.4. The monoisotopic (exact) mass is 308 g/mol. The normalized spacial score (nSPS) is 15.3. The van der Waals surface area contributed by atoms with Crippen LogP contribution in [0.5, 0.6) is 0 Å². The Kier molecular flexibility index (Phi) is 7.49. The lowest BCUT2D eigenvalue weighted by Crippen LogP contribution is -2.32. The van der Waals surface area contributed by atoms with Gasteiger partial charge in [0.1, 0.15) is 5.78 Å². The van der Waals surface area contributed by atoms with Crippen molar-refractivity contribution in [2.24, 2.45) is 5.92 Å². The first-order valence-electron chi connectivity index (χ1n) is 7.72. The lowest BCUT2D eigenvalue weighted by atomic mass is 10.0. The number of carbonyl (C=O) groups is 4. The van der Waals surface area contributed by atoms with Crippen LogP contribution in [-0.4, -0.2) is 41.5 Å². The predicted molar refractivity (Wildman–Crippen MR) is 81.8 cm³/mol. The molecule has 1 heterocycles. The maximum Gasteiger partial charge on any atom is 0.253 e. The van der Waals surface area contributed by atoms with Crippen molar-refractivity contribution in [3.05, 3.63) is 12.2 Å². The third-order valence-corrected chi connectivity index (χ3v) is 3.77. The molecule has 0 aliphatic carbocycles. The van der Waals surface area contributed by atoms with Crippen molar-refractivity contribution in [1.82, 2.24) is 10.2 Å². The minimum atomic E-state index is -0.315. The summed E-state index contributed by atoms with van der Waals surface area (Å²) in [7, 11) is 0. The molecule has 0 bridgehead atoms. The molecule has 1 aliphatic heterocycles. The summed E-state index contributed by atoms with van der Waals surface area (Å²) in [6, 6.07) is 0. The molecule has 0 aromatic heterocycles. The van der Waals surface area contributed by atoms with Crippen molar-refractivity contribution < 1.29 is 19.2 Å². The minimum absolute atomic E-state index is 0.0772. The average Bonchev–Trinajstić information content (AvgIpc) is 2.78. The summed E-state index contributed by atoms with van der Waals surface area (Å²) in [5.41, 5.74) is 0. The Bertz CT molecular complexity index is 453. The van der Waals surface area contributed by atoms with Gasteiger partial charge in [0.25, 0.3) is 11.8 Å². The van der Waals surface area contributed by atoms with Crippen LogP contribution in [-0.2, 0) is 19.2 Å². The molecule has 0 fully saturated rings. The van der Waals surface area contributed by atoms with E-state index in [9.17, 15) is 19.2 Å². The molecular formula is C16H24N2O4. The molecule has 1 N–H and O–H groups in total. The first-order valence-corrected chi connectivity index (χ1v) is 7.72. The standard InChI is InChI=1S/C16H24N2O4/c1-12(13(2)19)6-3-4-10-17-14(20)7-5-11-18-15(21)8-9-16(18)22/h8-9,12H,3-7,10-11H2,1-2H3,(H,17,20). The van der Waals surface area contributed by atoms with Gasteiger partial charge in [0.05, 0.1) is 0 Å². The van der Waals surface area contributed by atoms with Crippen LogP contribution in [0.15, 0.2) is 12.2 Å². The molecule has 1 rings (SSSR count). The van der Waals surface area contributed by atoms with Gasteiger partial charge in [0, 0.05) is 37.6 Å². The van der Waals surface area contributed by atoms with E-state index in [0.717, 1.165) is 24.2 Å². The lowest BCUT2D eigenvalue weighted by Gasteiger charge is -2.13. The maximum atomic E-state index is 11.6. The molecular weight excluding hydrogens is 284 g/mol. The molecule has 6 nitrogen and oxygen atoms in total. The van der Waals surface area contributed by atoms with Crippen LogP contribution in [0.4, 0.5) is 0 Å². The number of amides is 3. The maximum absolute atomic E-state index is 11.6. The van der Waals surface area contributed by atoms with E-state index in [-0.39, 0.29) is 36.0 Å². The van der Waals surface area contributed by atoms with E-state index in [0.29, 0.717) is 19.4 Å². The minimum Gasteiger partial charge on any atom is -0.356 e. The lowest BCUT2D eigenvalue weighted by molar-refractivity contribution is -0.137. The molecule has 0 aromatic rings. The Balaban J connectivity index is 2.03. The van der Waals surface area contributed by atoms with E-state index in [4.69, 9.17) is 0 Å². The average molecular weight is 308 g/mol. The van der Waals surface area contributed by atoms with Gasteiger partial charge in [0.15, 0.2) is 0 Å². The second-order valence-electron chi connectivity index (χ2n) is 5.62. The van der Waals surface area contributed by atoms with Crippen LogP contribution in [0.1, 0.15) is 46.0 Å². The van der Waals surface area contributed by atoms with E-state index >= 15 is 0 Å². The summed E-state index contributed by atoms with van der Waals surface area (Å²) in [5, 5.41) is 2.81. The molecule has 122 valence electrons. The topological polar surface area (TPSA) is 83.6 Å². The van der Waals surface area contributed by atoms with Crippen molar-refractivity contribution in [2.45, 2.75) is 46.0 Å². The Morgan fingerprint density at radius 3 is 2.36 bits per heavy atom. The summed E-state index contributed by atoms with van der Waals surface area (Å²) < 4.78 is 0. The molecule has 3 amide bonds. The second-order valence-corrected chi connectivity index (χ2v) is 5.62. The number of unbranched alkanes of at least 4 members (excludes halogenated alkanes) is 1. The zero-order valence-corrected chi connectivity index (χ0v) is 13.3. The molecule has 1 aliphatic rings. The van der Waals surface area contributed by atoms with Gasteiger partial charge in [-0.05, 0) is 26.2 Å². The van der Waals surface area contributed by atoms with Gasteiger partial charge >= 0.3 is 0 Å². The van der Waals surface area contributed by atoms with Crippen molar-refractivity contribution in [1.29, 1.82) is 0 Å². The Morgan fingerprint density at radius 2 is 1.77 bits per heavy atom. The molecule has 0 saturated carbocycles. The van der Waals surface area contributed by atoms with Gasteiger partial charge in [-0.25, -0.2) is 0 Å². The van der Waals surface area contributed by atoms with Gasteiger partial charge in [-0.2, -0.15) is 0 Å². The van der Waals surface area contributed by atoms with Gasteiger partial charge in [-0.15, -0.1) is 0 Å². The zero-order valence-electron chi connectivity index (χ0n) is 13.3. The quantitative estimate of drug-likeness (QED) is 0.485. The van der Waals surface area contributed by atoms with Crippen molar-refractivity contribution in [3.8, 4) is 0 Å². The highest BCUT2D eigenvalue weighted by Crippen LogP contribution is 2.08. The van der Waals surface area contributed by atoms with E-state index in [1.807, 2.05) is 6.92 Å². The molecule has 0 aromatic carbocycles. The molecule has 1 atom stereocenters. The molecule has 22 heavy (non-hydrogen) atoms. The van der Waals surface area contributed by atoms with Crippen LogP contribution in [0, 0.1) is 5.92 Å². The van der Waals surface area contributed by atoms with Crippen LogP contribution < -0.4 is 5.32 Å². The van der Waals surface area contributed by atoms with Crippen LogP contribution in [0.3, 0.4) is 0 Å². The fourth-order valence-electron chi connectivity index (χ4n) is 2.14. The first-order chi connectivity index (χ1) is 10.4. The van der Waals surface area contributed by atoms with Gasteiger partial charge in [0.2, 0.25) is 5.91 Å². The highest BCUT2D eigenvalue weighted by Gasteiger charge is 2.22. The number of nitrogens with zero attached hydrogens (tertiary/aromatic N) is 1. The Morgan fingerprint density at radius 1 is 1.14 bits per heavy atom. The SMILES string of the molecule is CC(=O)C(C)CCCCNC(=O)CCCN1C(=O)C=CC1=O. The second kappa shape index (κ2) is 9.12. The highest BCUT2D eigenvalue weighted by molar-refractivity contribution is 6.12. The largest absolute Gasteiger partial charge is 0.356 e. The molecule has 0 saturated heterocycles. The van der Waals surface area contributed by atoms with E-state index in [1.54, 1.807) is 6.92 Å². The molecule has 0 spiro atoms. The van der Waals surface area contributed by atoms with E-state index in [1.165, 1.54) is 12.2 Å². The smallest absolute Gasteiger partial charge is 0.253 e. The number of hydrogen-bond acceptors (Lipinski definition) is 4. The highest BCUT2D eigenvalue weighted by atomic mass is 16.2. The molecule has 0 radical (unpaired) electrons. The fourth-order valence-corrected chi connectivity index (χ4v) is 2.14. The van der Waals surface area contributed by atoms with Crippen LogP contribution in [0.25, 0.3) is 0 Å². The van der Waals surface area contributed by atoms with Gasteiger partial charge in [-0.3, -0.25) is 24.1 Å². The fraction of sp³-hybridized carbons (Fsp3) is 0.625. The number of nitrogens with one attached hydrogen (secondary N) is 1. The van der Waals surface area contributed by atoms with Crippen LogP contribution in [0.2, 0.25) is 0 Å². The van der Waals surface area contributed by atoms with Gasteiger partial charge in [-0.1, -0.05) is 13.3 Å². The summed E-state index contributed by atoms with van der Waals surface area (Å²) in [5.74, 6) is -0.425. The first kappa shape index (κ1) is 18.1. The Hall–Kier alpha value is -1.98. The number of hydrogen-bond donors (Lipinski definition) is 1. The predicted octanol–water partition coefficient (Wildman–Crippen LogP) is 1.20. The number of carbonyl (C=O) groups excluding carboxylic acids is 4. The summed E-state index contributed by atoms with van der Waals surface area (Å²) in [6.07, 6.45) is 5.83.